The Balaban J connectivity index is 2.09. The highest BCUT2D eigenvalue weighted by Crippen LogP contribution is 2.30. The Labute approximate surface area is 129 Å². The van der Waals surface area contributed by atoms with Crippen LogP contribution in [0.2, 0.25) is 0 Å². The number of hydrogen-bond donors (Lipinski definition) is 0. The number of nitrogens with zero attached hydrogens (tertiary/aromatic N) is 2. The van der Waals surface area contributed by atoms with Gasteiger partial charge in [-0.1, -0.05) is 37.2 Å². The average Bonchev–Trinajstić information content (AvgIpc) is 3.04. The minimum absolute atomic E-state index is 0.291. The molecule has 2 rings (SSSR count). The number of benzene rings is 1. The van der Waals surface area contributed by atoms with Crippen molar-refractivity contribution in [3.05, 3.63) is 47.0 Å². The first-order chi connectivity index (χ1) is 10.2. The maximum absolute atomic E-state index is 5.69. The molecule has 1 aromatic carbocycles. The van der Waals surface area contributed by atoms with Crippen LogP contribution >= 0.6 is 11.8 Å². The van der Waals surface area contributed by atoms with Crippen molar-refractivity contribution < 1.29 is 9.15 Å². The third kappa shape index (κ3) is 4.63. The normalized spacial score (nSPS) is 11.7. The van der Waals surface area contributed by atoms with Crippen LogP contribution in [0.4, 0.5) is 0 Å². The van der Waals surface area contributed by atoms with Crippen LogP contribution in [-0.2, 0) is 13.0 Å². The van der Waals surface area contributed by atoms with E-state index < -0.39 is 0 Å². The van der Waals surface area contributed by atoms with Crippen LogP contribution in [0.5, 0.6) is 5.75 Å². The molecular formula is C16H20N2O2S. The average molecular weight is 304 g/mol. The molecule has 1 aromatic heterocycles. The van der Waals surface area contributed by atoms with Gasteiger partial charge in [0.1, 0.15) is 5.75 Å². The highest BCUT2D eigenvalue weighted by atomic mass is 32.2. The van der Waals surface area contributed by atoms with Gasteiger partial charge in [0.2, 0.25) is 6.39 Å². The van der Waals surface area contributed by atoms with Crippen molar-refractivity contribution in [2.75, 3.05) is 0 Å². The third-order valence-electron chi connectivity index (χ3n) is 3.13. The zero-order valence-corrected chi connectivity index (χ0v) is 13.4. The Hall–Kier alpha value is -1.75. The summed E-state index contributed by atoms with van der Waals surface area (Å²) in [6.45, 7) is 6.76. The van der Waals surface area contributed by atoms with Crippen molar-refractivity contribution in [1.82, 2.24) is 10.2 Å². The Morgan fingerprint density at radius 2 is 2.24 bits per heavy atom. The molecule has 0 aliphatic rings. The number of allylic oxidation sites excluding steroid dienone is 1. The number of ether oxygens (including phenoxy) is 1. The zero-order valence-electron chi connectivity index (χ0n) is 12.6. The van der Waals surface area contributed by atoms with E-state index in [1.807, 2.05) is 6.07 Å². The van der Waals surface area contributed by atoms with Gasteiger partial charge in [-0.2, -0.15) is 0 Å². The van der Waals surface area contributed by atoms with Crippen molar-refractivity contribution in [3.8, 4) is 5.75 Å². The number of rotatable bonds is 7. The van der Waals surface area contributed by atoms with Crippen LogP contribution in [0, 0.1) is 0 Å². The summed E-state index contributed by atoms with van der Waals surface area (Å²) in [6, 6.07) is 6.16. The second-order valence-corrected chi connectivity index (χ2v) is 5.59. The summed E-state index contributed by atoms with van der Waals surface area (Å²) in [4.78, 5) is 1.23. The highest BCUT2D eigenvalue weighted by Gasteiger charge is 2.05. The number of thioether (sulfide) groups is 1. The fraction of sp³-hybridized carbons (Fsp3) is 0.375. The molecule has 0 N–H and O–H groups in total. The van der Waals surface area contributed by atoms with E-state index in [4.69, 9.17) is 9.15 Å². The van der Waals surface area contributed by atoms with E-state index in [0.29, 0.717) is 12.5 Å². The molecule has 1 heterocycles. The van der Waals surface area contributed by atoms with Gasteiger partial charge in [-0.3, -0.25) is 0 Å². The van der Waals surface area contributed by atoms with E-state index in [-0.39, 0.29) is 0 Å². The lowest BCUT2D eigenvalue weighted by molar-refractivity contribution is 0.262. The molecule has 4 nitrogen and oxygen atoms in total. The molecule has 0 aliphatic heterocycles. The fourth-order valence-corrected chi connectivity index (χ4v) is 2.72. The minimum atomic E-state index is 0.291. The molecule has 0 saturated heterocycles. The quantitative estimate of drug-likeness (QED) is 0.699. The molecule has 2 aromatic rings. The van der Waals surface area contributed by atoms with Crippen molar-refractivity contribution >= 4 is 11.8 Å². The van der Waals surface area contributed by atoms with E-state index in [0.717, 1.165) is 18.6 Å². The lowest BCUT2D eigenvalue weighted by atomic mass is 10.2. The molecule has 0 amide bonds. The predicted octanol–water partition coefficient (Wildman–Crippen LogP) is 4.62. The van der Waals surface area contributed by atoms with E-state index in [2.05, 4.69) is 48.5 Å². The van der Waals surface area contributed by atoms with Gasteiger partial charge >= 0.3 is 0 Å². The second kappa shape index (κ2) is 7.88. The maximum atomic E-state index is 5.69. The lowest BCUT2D eigenvalue weighted by Crippen LogP contribution is -1.96. The largest absolute Gasteiger partial charge is 0.484 e. The smallest absolute Gasteiger partial charge is 0.253 e. The molecule has 21 heavy (non-hydrogen) atoms. The van der Waals surface area contributed by atoms with Crippen molar-refractivity contribution in [2.45, 2.75) is 45.1 Å². The fourth-order valence-electron chi connectivity index (χ4n) is 1.68. The molecule has 0 atom stereocenters. The Morgan fingerprint density at radius 3 is 2.90 bits per heavy atom. The van der Waals surface area contributed by atoms with E-state index in [9.17, 15) is 0 Å². The van der Waals surface area contributed by atoms with Crippen molar-refractivity contribution in [2.24, 2.45) is 0 Å². The SMILES string of the molecule is CC/C(C)=C\Sc1cc(OCc2nnco2)ccc1CC. The van der Waals surface area contributed by atoms with Crippen molar-refractivity contribution in [1.29, 1.82) is 0 Å². The number of aryl methyl sites for hydroxylation is 1. The van der Waals surface area contributed by atoms with Crippen molar-refractivity contribution in [3.63, 3.8) is 0 Å². The predicted molar refractivity (Wildman–Crippen MR) is 84.4 cm³/mol. The second-order valence-electron chi connectivity index (χ2n) is 4.68. The first-order valence-electron chi connectivity index (χ1n) is 7.06. The van der Waals surface area contributed by atoms with Crippen LogP contribution < -0.4 is 4.74 Å². The summed E-state index contributed by atoms with van der Waals surface area (Å²) in [6.07, 6.45) is 3.38. The molecule has 0 saturated carbocycles. The standard InChI is InChI=1S/C16H20N2O2S/c1-4-12(3)10-21-15-8-14(7-6-13(15)5-2)19-9-16-18-17-11-20-16/h6-8,10-11H,4-5,9H2,1-3H3/b12-10-. The highest BCUT2D eigenvalue weighted by molar-refractivity contribution is 8.02. The van der Waals surface area contributed by atoms with E-state index >= 15 is 0 Å². The molecule has 0 unspecified atom stereocenters. The van der Waals surface area contributed by atoms with Gasteiger partial charge in [-0.05, 0) is 42.9 Å². The zero-order chi connectivity index (χ0) is 15.1. The Morgan fingerprint density at radius 1 is 1.38 bits per heavy atom. The first kappa shape index (κ1) is 15.6. The van der Waals surface area contributed by atoms with Gasteiger partial charge < -0.3 is 9.15 Å². The Kier molecular flexibility index (Phi) is 5.87. The molecular weight excluding hydrogens is 284 g/mol. The topological polar surface area (TPSA) is 48.2 Å². The van der Waals surface area contributed by atoms with Crippen LogP contribution in [0.15, 0.2) is 44.9 Å². The summed E-state index contributed by atoms with van der Waals surface area (Å²) in [5.74, 6) is 1.29. The van der Waals surface area contributed by atoms with Crippen LogP contribution in [-0.4, -0.2) is 10.2 Å². The molecule has 0 radical (unpaired) electrons. The summed E-state index contributed by atoms with van der Waals surface area (Å²) in [5, 5.41) is 9.64. The summed E-state index contributed by atoms with van der Waals surface area (Å²) >= 11 is 1.75. The molecule has 0 spiro atoms. The molecule has 5 heteroatoms. The monoisotopic (exact) mass is 304 g/mol. The van der Waals surface area contributed by atoms with Gasteiger partial charge in [-0.25, -0.2) is 0 Å². The summed E-state index contributed by atoms with van der Waals surface area (Å²) < 4.78 is 10.8. The number of hydrogen-bond acceptors (Lipinski definition) is 5. The first-order valence-corrected chi connectivity index (χ1v) is 7.94. The van der Waals surface area contributed by atoms with Gasteiger partial charge in [0.25, 0.3) is 5.89 Å². The van der Waals surface area contributed by atoms with Crippen LogP contribution in [0.3, 0.4) is 0 Å². The van der Waals surface area contributed by atoms with Gasteiger partial charge in [0, 0.05) is 4.90 Å². The maximum Gasteiger partial charge on any atom is 0.253 e. The molecule has 112 valence electrons. The van der Waals surface area contributed by atoms with E-state index in [1.165, 1.54) is 22.4 Å². The van der Waals surface area contributed by atoms with Crippen LogP contribution in [0.1, 0.15) is 38.6 Å². The molecule has 0 bridgehead atoms. The summed E-state index contributed by atoms with van der Waals surface area (Å²) in [5.41, 5.74) is 2.70. The minimum Gasteiger partial charge on any atom is -0.484 e. The van der Waals surface area contributed by atoms with Crippen LogP contribution in [0.25, 0.3) is 0 Å². The number of aromatic nitrogens is 2. The third-order valence-corrected chi connectivity index (χ3v) is 4.29. The van der Waals surface area contributed by atoms with Gasteiger partial charge in [0.15, 0.2) is 6.61 Å². The Bertz CT molecular complexity index is 594. The molecule has 0 fully saturated rings. The van der Waals surface area contributed by atoms with Gasteiger partial charge in [0.05, 0.1) is 0 Å². The van der Waals surface area contributed by atoms with Gasteiger partial charge in [-0.15, -0.1) is 10.2 Å². The molecule has 0 aliphatic carbocycles. The lowest BCUT2D eigenvalue weighted by Gasteiger charge is -2.09. The summed E-state index contributed by atoms with van der Waals surface area (Å²) in [7, 11) is 0. The van der Waals surface area contributed by atoms with E-state index in [1.54, 1.807) is 11.8 Å².